The topological polar surface area (TPSA) is 17.1 Å². The van der Waals surface area contributed by atoms with Crippen LogP contribution in [0.15, 0.2) is 51.8 Å². The van der Waals surface area contributed by atoms with Crippen LogP contribution in [0.25, 0.3) is 0 Å². The Kier molecular flexibility index (Phi) is 4.71. The number of thioether (sulfide) groups is 1. The summed E-state index contributed by atoms with van der Waals surface area (Å²) in [6.45, 7) is 0. The summed E-state index contributed by atoms with van der Waals surface area (Å²) in [5, 5.41) is 0. The Hall–Kier alpha value is -1.20. The van der Waals surface area contributed by atoms with Crippen molar-refractivity contribution in [1.82, 2.24) is 0 Å². The number of carbonyl (C=O) groups is 1. The molecule has 0 N–H and O–H groups in total. The van der Waals surface area contributed by atoms with Crippen molar-refractivity contribution in [3.63, 3.8) is 0 Å². The van der Waals surface area contributed by atoms with Crippen molar-refractivity contribution in [3.05, 3.63) is 64.1 Å². The Morgan fingerprint density at radius 3 is 2.63 bits per heavy atom. The van der Waals surface area contributed by atoms with Gasteiger partial charge in [-0.2, -0.15) is 0 Å². The lowest BCUT2D eigenvalue weighted by Crippen LogP contribution is -2.05. The van der Waals surface area contributed by atoms with Crippen molar-refractivity contribution < 1.29 is 13.6 Å². The van der Waals surface area contributed by atoms with E-state index in [2.05, 4.69) is 15.9 Å². The molecule has 5 heteroatoms. The van der Waals surface area contributed by atoms with Crippen LogP contribution in [0.1, 0.15) is 10.4 Å². The SMILES string of the molecule is O=C(CSc1cccc(Br)c1)c1ccc(F)cc1F. The Morgan fingerprint density at radius 1 is 1.16 bits per heavy atom. The van der Waals surface area contributed by atoms with Crippen molar-refractivity contribution >= 4 is 33.5 Å². The van der Waals surface area contributed by atoms with Crippen LogP contribution in [0, 0.1) is 11.6 Å². The zero-order valence-electron chi connectivity index (χ0n) is 9.70. The van der Waals surface area contributed by atoms with Gasteiger partial charge in [-0.05, 0) is 30.3 Å². The normalized spacial score (nSPS) is 10.5. The van der Waals surface area contributed by atoms with Gasteiger partial charge in [-0.15, -0.1) is 11.8 Å². The average molecular weight is 343 g/mol. The van der Waals surface area contributed by atoms with Crippen LogP contribution in [0.3, 0.4) is 0 Å². The highest BCUT2D eigenvalue weighted by molar-refractivity contribution is 9.10. The van der Waals surface area contributed by atoms with Crippen LogP contribution in [-0.2, 0) is 0 Å². The number of hydrogen-bond donors (Lipinski definition) is 0. The summed E-state index contributed by atoms with van der Waals surface area (Å²) in [6.07, 6.45) is 0. The highest BCUT2D eigenvalue weighted by Gasteiger charge is 2.12. The first kappa shape index (κ1) is 14.2. The molecular weight excluding hydrogens is 334 g/mol. The molecule has 0 fully saturated rings. The Bertz CT molecular complexity index is 616. The summed E-state index contributed by atoms with van der Waals surface area (Å²) in [5.41, 5.74) is -0.0797. The smallest absolute Gasteiger partial charge is 0.176 e. The lowest BCUT2D eigenvalue weighted by atomic mass is 10.1. The minimum atomic E-state index is -0.820. The van der Waals surface area contributed by atoms with Crippen molar-refractivity contribution in [1.29, 1.82) is 0 Å². The fraction of sp³-hybridized carbons (Fsp3) is 0.0714. The second kappa shape index (κ2) is 6.30. The van der Waals surface area contributed by atoms with Crippen molar-refractivity contribution in [2.24, 2.45) is 0 Å². The molecule has 0 spiro atoms. The first-order valence-corrected chi connectivity index (χ1v) is 7.21. The third-order valence-corrected chi connectivity index (χ3v) is 3.88. The summed E-state index contributed by atoms with van der Waals surface area (Å²) in [6, 6.07) is 10.5. The summed E-state index contributed by atoms with van der Waals surface area (Å²) in [7, 11) is 0. The quantitative estimate of drug-likeness (QED) is 0.591. The van der Waals surface area contributed by atoms with E-state index >= 15 is 0 Å². The van der Waals surface area contributed by atoms with Gasteiger partial charge in [0.2, 0.25) is 0 Å². The zero-order chi connectivity index (χ0) is 13.8. The number of Topliss-reactive ketones (excluding diaryl/α,β-unsaturated/α-hetero) is 1. The number of carbonyl (C=O) groups excluding carboxylic acids is 1. The highest BCUT2D eigenvalue weighted by Crippen LogP contribution is 2.23. The summed E-state index contributed by atoms with van der Waals surface area (Å²) < 4.78 is 27.1. The zero-order valence-corrected chi connectivity index (χ0v) is 12.1. The van der Waals surface area contributed by atoms with Crippen LogP contribution in [0.4, 0.5) is 8.78 Å². The molecule has 98 valence electrons. The monoisotopic (exact) mass is 342 g/mol. The molecule has 0 amide bonds. The maximum Gasteiger partial charge on any atom is 0.176 e. The van der Waals surface area contributed by atoms with Gasteiger partial charge in [0.25, 0.3) is 0 Å². The number of benzene rings is 2. The third-order valence-electron chi connectivity index (χ3n) is 2.40. The minimum absolute atomic E-state index is 0.0797. The molecule has 0 bridgehead atoms. The highest BCUT2D eigenvalue weighted by atomic mass is 79.9. The molecule has 0 aliphatic carbocycles. The Balaban J connectivity index is 2.05. The van der Waals surface area contributed by atoms with Gasteiger partial charge in [-0.25, -0.2) is 8.78 Å². The van der Waals surface area contributed by atoms with E-state index in [0.717, 1.165) is 21.5 Å². The summed E-state index contributed by atoms with van der Waals surface area (Å²) in [4.78, 5) is 12.7. The van der Waals surface area contributed by atoms with Gasteiger partial charge in [0.1, 0.15) is 11.6 Å². The van der Waals surface area contributed by atoms with Gasteiger partial charge in [-0.1, -0.05) is 22.0 Å². The van der Waals surface area contributed by atoms with E-state index in [1.54, 1.807) is 0 Å². The second-order valence-electron chi connectivity index (χ2n) is 3.79. The number of hydrogen-bond acceptors (Lipinski definition) is 2. The van der Waals surface area contributed by atoms with E-state index in [0.29, 0.717) is 0 Å². The molecule has 2 rings (SSSR count). The molecule has 0 saturated heterocycles. The predicted octanol–water partition coefficient (Wildman–Crippen LogP) is 4.70. The maximum absolute atomic E-state index is 13.4. The van der Waals surface area contributed by atoms with E-state index in [-0.39, 0.29) is 17.1 Å². The standard InChI is InChI=1S/C14H9BrF2OS/c15-9-2-1-3-11(6-9)19-8-14(18)12-5-4-10(16)7-13(12)17/h1-7H,8H2. The molecule has 0 aliphatic heterocycles. The van der Waals surface area contributed by atoms with E-state index in [9.17, 15) is 13.6 Å². The van der Waals surface area contributed by atoms with Gasteiger partial charge in [-0.3, -0.25) is 4.79 Å². The van der Waals surface area contributed by atoms with Crippen LogP contribution in [-0.4, -0.2) is 11.5 Å². The fourth-order valence-electron chi connectivity index (χ4n) is 1.50. The molecular formula is C14H9BrF2OS. The molecule has 2 aromatic rings. The lowest BCUT2D eigenvalue weighted by molar-refractivity contribution is 0.101. The largest absolute Gasteiger partial charge is 0.293 e. The molecule has 19 heavy (non-hydrogen) atoms. The van der Waals surface area contributed by atoms with E-state index in [1.165, 1.54) is 17.8 Å². The molecule has 1 nitrogen and oxygen atoms in total. The minimum Gasteiger partial charge on any atom is -0.293 e. The molecule has 0 unspecified atom stereocenters. The van der Waals surface area contributed by atoms with E-state index in [4.69, 9.17) is 0 Å². The lowest BCUT2D eigenvalue weighted by Gasteiger charge is -2.03. The second-order valence-corrected chi connectivity index (χ2v) is 5.76. The van der Waals surface area contributed by atoms with Crippen LogP contribution < -0.4 is 0 Å². The molecule has 0 heterocycles. The number of ketones is 1. The van der Waals surface area contributed by atoms with Gasteiger partial charge in [0.15, 0.2) is 5.78 Å². The molecule has 0 atom stereocenters. The van der Waals surface area contributed by atoms with Gasteiger partial charge < -0.3 is 0 Å². The van der Waals surface area contributed by atoms with Crippen molar-refractivity contribution in [3.8, 4) is 0 Å². The van der Waals surface area contributed by atoms with E-state index in [1.807, 2.05) is 24.3 Å². The van der Waals surface area contributed by atoms with Crippen molar-refractivity contribution in [2.45, 2.75) is 4.90 Å². The van der Waals surface area contributed by atoms with Crippen LogP contribution in [0.5, 0.6) is 0 Å². The number of rotatable bonds is 4. The number of halogens is 3. The van der Waals surface area contributed by atoms with Gasteiger partial charge in [0, 0.05) is 15.4 Å². The van der Waals surface area contributed by atoms with Gasteiger partial charge >= 0.3 is 0 Å². The fourth-order valence-corrected chi connectivity index (χ4v) is 2.89. The maximum atomic E-state index is 13.4. The summed E-state index contributed by atoms with van der Waals surface area (Å²) >= 11 is 4.64. The Labute approximate surface area is 122 Å². The van der Waals surface area contributed by atoms with Crippen molar-refractivity contribution in [2.75, 3.05) is 5.75 Å². The average Bonchev–Trinajstić information content (AvgIpc) is 2.36. The first-order valence-electron chi connectivity index (χ1n) is 5.43. The van der Waals surface area contributed by atoms with Crippen LogP contribution >= 0.6 is 27.7 Å². The molecule has 0 radical (unpaired) electrons. The Morgan fingerprint density at radius 2 is 1.95 bits per heavy atom. The molecule has 0 aliphatic rings. The first-order chi connectivity index (χ1) is 9.06. The van der Waals surface area contributed by atoms with Gasteiger partial charge in [0.05, 0.1) is 11.3 Å². The molecule has 2 aromatic carbocycles. The predicted molar refractivity (Wildman–Crippen MR) is 75.6 cm³/mol. The summed E-state index contributed by atoms with van der Waals surface area (Å²) in [5.74, 6) is -1.75. The molecule has 0 saturated carbocycles. The molecule has 0 aromatic heterocycles. The third kappa shape index (κ3) is 3.88. The van der Waals surface area contributed by atoms with Crippen LogP contribution in [0.2, 0.25) is 0 Å². The van der Waals surface area contributed by atoms with E-state index < -0.39 is 11.6 Å².